The molecule has 2 aromatic carbocycles. The van der Waals surface area contributed by atoms with Gasteiger partial charge in [0, 0.05) is 4.47 Å². The summed E-state index contributed by atoms with van der Waals surface area (Å²) in [5.41, 5.74) is 1.12. The van der Waals surface area contributed by atoms with Crippen LogP contribution in [0, 0.1) is 5.92 Å². The van der Waals surface area contributed by atoms with Crippen molar-refractivity contribution in [3.8, 4) is 5.75 Å². The molecular weight excluding hydrogens is 366 g/mol. The summed E-state index contributed by atoms with van der Waals surface area (Å²) in [5.74, 6) is 1.06. The second-order valence-electron chi connectivity index (χ2n) is 6.32. The highest BCUT2D eigenvalue weighted by Crippen LogP contribution is 2.22. The molecule has 0 radical (unpaired) electrons. The smallest absolute Gasteiger partial charge is 0.261 e. The molecule has 0 saturated carbocycles. The Bertz CT molecular complexity index is 640. The van der Waals surface area contributed by atoms with Gasteiger partial charge >= 0.3 is 0 Å². The average Bonchev–Trinajstić information content (AvgIpc) is 2.56. The highest BCUT2D eigenvalue weighted by Gasteiger charge is 2.21. The zero-order valence-corrected chi connectivity index (χ0v) is 15.9. The van der Waals surface area contributed by atoms with E-state index in [1.54, 1.807) is 6.92 Å². The summed E-state index contributed by atoms with van der Waals surface area (Å²) in [6, 6.07) is 17.5. The molecule has 1 amide bonds. The van der Waals surface area contributed by atoms with Gasteiger partial charge in [0.2, 0.25) is 0 Å². The molecule has 4 heteroatoms. The van der Waals surface area contributed by atoms with E-state index in [0.29, 0.717) is 11.7 Å². The van der Waals surface area contributed by atoms with E-state index in [1.807, 2.05) is 54.6 Å². The first-order chi connectivity index (χ1) is 11.5. The third-order valence-electron chi connectivity index (χ3n) is 3.72. The number of carbonyl (C=O) groups excluding carboxylic acids is 1. The van der Waals surface area contributed by atoms with Gasteiger partial charge in [0.15, 0.2) is 6.10 Å². The predicted octanol–water partition coefficient (Wildman–Crippen LogP) is 5.12. The van der Waals surface area contributed by atoms with E-state index in [-0.39, 0.29) is 11.9 Å². The summed E-state index contributed by atoms with van der Waals surface area (Å²) < 4.78 is 6.72. The molecule has 0 aromatic heterocycles. The first kappa shape index (κ1) is 18.5. The van der Waals surface area contributed by atoms with Crippen molar-refractivity contribution < 1.29 is 9.53 Å². The van der Waals surface area contributed by atoms with Gasteiger partial charge in [0.25, 0.3) is 5.91 Å². The molecule has 24 heavy (non-hydrogen) atoms. The van der Waals surface area contributed by atoms with Crippen molar-refractivity contribution in [1.29, 1.82) is 0 Å². The minimum absolute atomic E-state index is 0.00494. The molecule has 0 unspecified atom stereocenters. The zero-order valence-electron chi connectivity index (χ0n) is 14.3. The van der Waals surface area contributed by atoms with Crippen molar-refractivity contribution in [3.63, 3.8) is 0 Å². The normalized spacial score (nSPS) is 13.4. The SMILES string of the molecule is CC(C)C[C@H](NC(=O)[C@H](C)Oc1ccc(Br)cc1)c1ccccc1. The third kappa shape index (κ3) is 5.68. The van der Waals surface area contributed by atoms with Crippen LogP contribution < -0.4 is 10.1 Å². The van der Waals surface area contributed by atoms with Crippen LogP contribution in [0.3, 0.4) is 0 Å². The van der Waals surface area contributed by atoms with Gasteiger partial charge in [-0.3, -0.25) is 4.79 Å². The van der Waals surface area contributed by atoms with E-state index < -0.39 is 6.10 Å². The van der Waals surface area contributed by atoms with Gasteiger partial charge in [0.05, 0.1) is 6.04 Å². The number of ether oxygens (including phenoxy) is 1. The average molecular weight is 390 g/mol. The van der Waals surface area contributed by atoms with E-state index in [2.05, 4.69) is 35.1 Å². The lowest BCUT2D eigenvalue weighted by molar-refractivity contribution is -0.128. The number of amides is 1. The Kier molecular flexibility index (Phi) is 6.85. The Morgan fingerprint density at radius 1 is 1.04 bits per heavy atom. The standard InChI is InChI=1S/C20H24BrNO2/c1-14(2)13-19(16-7-5-4-6-8-16)22-20(23)15(3)24-18-11-9-17(21)10-12-18/h4-12,14-15,19H,13H2,1-3H3,(H,22,23)/t15-,19-/m0/s1. The topological polar surface area (TPSA) is 38.3 Å². The maximum Gasteiger partial charge on any atom is 0.261 e. The van der Waals surface area contributed by atoms with Crippen LogP contribution in [0.2, 0.25) is 0 Å². The highest BCUT2D eigenvalue weighted by molar-refractivity contribution is 9.10. The fraction of sp³-hybridized carbons (Fsp3) is 0.350. The summed E-state index contributed by atoms with van der Waals surface area (Å²) >= 11 is 3.39. The van der Waals surface area contributed by atoms with Crippen LogP contribution in [0.5, 0.6) is 5.75 Å². The van der Waals surface area contributed by atoms with Crippen molar-refractivity contribution in [2.45, 2.75) is 39.3 Å². The van der Waals surface area contributed by atoms with Gasteiger partial charge in [-0.05, 0) is 49.1 Å². The molecule has 2 aromatic rings. The molecule has 2 atom stereocenters. The lowest BCUT2D eigenvalue weighted by atomic mass is 9.97. The van der Waals surface area contributed by atoms with Crippen LogP contribution in [-0.4, -0.2) is 12.0 Å². The van der Waals surface area contributed by atoms with Gasteiger partial charge < -0.3 is 10.1 Å². The Balaban J connectivity index is 2.02. The van der Waals surface area contributed by atoms with Gasteiger partial charge in [-0.15, -0.1) is 0 Å². The highest BCUT2D eigenvalue weighted by atomic mass is 79.9. The van der Waals surface area contributed by atoms with E-state index in [4.69, 9.17) is 4.74 Å². The number of rotatable bonds is 7. The predicted molar refractivity (Wildman–Crippen MR) is 101 cm³/mol. The van der Waals surface area contributed by atoms with Gasteiger partial charge in [-0.1, -0.05) is 60.1 Å². The molecule has 2 rings (SSSR count). The Morgan fingerprint density at radius 3 is 2.25 bits per heavy atom. The molecule has 0 spiro atoms. The lowest BCUT2D eigenvalue weighted by Crippen LogP contribution is -2.39. The monoisotopic (exact) mass is 389 g/mol. The van der Waals surface area contributed by atoms with Crippen LogP contribution in [0.15, 0.2) is 59.1 Å². The van der Waals surface area contributed by atoms with E-state index in [0.717, 1.165) is 16.5 Å². The van der Waals surface area contributed by atoms with Crippen LogP contribution >= 0.6 is 15.9 Å². The van der Waals surface area contributed by atoms with Crippen LogP contribution in [0.25, 0.3) is 0 Å². The Hall–Kier alpha value is -1.81. The molecule has 0 aliphatic heterocycles. The van der Waals surface area contributed by atoms with Crippen molar-refractivity contribution in [3.05, 3.63) is 64.6 Å². The number of hydrogen-bond acceptors (Lipinski definition) is 2. The molecule has 0 bridgehead atoms. The summed E-state index contributed by atoms with van der Waals surface area (Å²) in [5, 5.41) is 3.12. The second-order valence-corrected chi connectivity index (χ2v) is 7.23. The molecule has 1 N–H and O–H groups in total. The van der Waals surface area contributed by atoms with Gasteiger partial charge in [0.1, 0.15) is 5.75 Å². The van der Waals surface area contributed by atoms with Crippen LogP contribution in [0.1, 0.15) is 38.8 Å². The second kappa shape index (κ2) is 8.88. The minimum atomic E-state index is -0.551. The van der Waals surface area contributed by atoms with Gasteiger partial charge in [-0.2, -0.15) is 0 Å². The number of benzene rings is 2. The maximum absolute atomic E-state index is 12.5. The van der Waals surface area contributed by atoms with Gasteiger partial charge in [-0.25, -0.2) is 0 Å². The number of carbonyl (C=O) groups is 1. The van der Waals surface area contributed by atoms with Crippen molar-refractivity contribution >= 4 is 21.8 Å². The van der Waals surface area contributed by atoms with E-state index in [9.17, 15) is 4.79 Å². The molecule has 0 heterocycles. The quantitative estimate of drug-likeness (QED) is 0.713. The van der Waals surface area contributed by atoms with E-state index in [1.165, 1.54) is 0 Å². The van der Waals surface area contributed by atoms with E-state index >= 15 is 0 Å². The first-order valence-electron chi connectivity index (χ1n) is 8.23. The fourth-order valence-electron chi connectivity index (χ4n) is 2.49. The summed E-state index contributed by atoms with van der Waals surface area (Å²) in [4.78, 5) is 12.5. The summed E-state index contributed by atoms with van der Waals surface area (Å²) in [6.45, 7) is 6.09. The molecular formula is C20H24BrNO2. The first-order valence-corrected chi connectivity index (χ1v) is 9.02. The summed E-state index contributed by atoms with van der Waals surface area (Å²) in [7, 11) is 0. The van der Waals surface area contributed by atoms with Crippen LogP contribution in [0.4, 0.5) is 0 Å². The molecule has 0 fully saturated rings. The number of nitrogens with one attached hydrogen (secondary N) is 1. The molecule has 3 nitrogen and oxygen atoms in total. The zero-order chi connectivity index (χ0) is 17.5. The largest absolute Gasteiger partial charge is 0.481 e. The van der Waals surface area contributed by atoms with Crippen LogP contribution in [-0.2, 0) is 4.79 Å². The van der Waals surface area contributed by atoms with Crippen molar-refractivity contribution in [2.75, 3.05) is 0 Å². The number of halogens is 1. The minimum Gasteiger partial charge on any atom is -0.481 e. The fourth-order valence-corrected chi connectivity index (χ4v) is 2.76. The lowest BCUT2D eigenvalue weighted by Gasteiger charge is -2.23. The maximum atomic E-state index is 12.5. The Morgan fingerprint density at radius 2 is 1.67 bits per heavy atom. The Labute approximate surface area is 152 Å². The molecule has 0 aliphatic rings. The third-order valence-corrected chi connectivity index (χ3v) is 4.25. The van der Waals surface area contributed by atoms with Crippen molar-refractivity contribution in [2.24, 2.45) is 5.92 Å². The van der Waals surface area contributed by atoms with Crippen molar-refractivity contribution in [1.82, 2.24) is 5.32 Å². The molecule has 0 saturated heterocycles. The molecule has 0 aliphatic carbocycles. The summed E-state index contributed by atoms with van der Waals surface area (Å²) in [6.07, 6.45) is 0.338. The number of hydrogen-bond donors (Lipinski definition) is 1. The molecule has 128 valence electrons.